The van der Waals surface area contributed by atoms with E-state index in [1.807, 2.05) is 0 Å². The molecule has 2 rings (SSSR count). The van der Waals surface area contributed by atoms with Gasteiger partial charge in [0.05, 0.1) is 5.75 Å². The van der Waals surface area contributed by atoms with Crippen LogP contribution in [0, 0.1) is 5.41 Å². The highest BCUT2D eigenvalue weighted by molar-refractivity contribution is 7.89. The topological polar surface area (TPSA) is 49.4 Å². The molecule has 2 aliphatic rings. The molecule has 3 unspecified atom stereocenters. The smallest absolute Gasteiger partial charge is 0.214 e. The first-order valence-corrected chi connectivity index (χ1v) is 8.14. The molecule has 0 amide bonds. The lowest BCUT2D eigenvalue weighted by atomic mass is 9.87. The quantitative estimate of drug-likeness (QED) is 0.712. The fourth-order valence-electron chi connectivity index (χ4n) is 2.87. The van der Waals surface area contributed by atoms with Crippen LogP contribution in [0.4, 0.5) is 0 Å². The summed E-state index contributed by atoms with van der Waals surface area (Å²) >= 11 is 0. The Morgan fingerprint density at radius 3 is 2.59 bits per heavy atom. The molecule has 0 aliphatic carbocycles. The monoisotopic (exact) mass is 260 g/mol. The van der Waals surface area contributed by atoms with Crippen LogP contribution >= 0.6 is 0 Å². The van der Waals surface area contributed by atoms with E-state index in [1.165, 1.54) is 0 Å². The summed E-state index contributed by atoms with van der Waals surface area (Å²) < 4.78 is 26.4. The molecule has 0 aromatic heterocycles. The summed E-state index contributed by atoms with van der Waals surface area (Å²) in [4.78, 5) is 0. The van der Waals surface area contributed by atoms with Gasteiger partial charge < -0.3 is 5.32 Å². The zero-order valence-corrected chi connectivity index (χ0v) is 11.9. The number of nitrogens with zero attached hydrogens (tertiary/aromatic N) is 1. The summed E-state index contributed by atoms with van der Waals surface area (Å²) in [6.45, 7) is 7.84. The van der Waals surface area contributed by atoms with Gasteiger partial charge in [0.25, 0.3) is 0 Å². The lowest BCUT2D eigenvalue weighted by molar-refractivity contribution is 0.186. The van der Waals surface area contributed by atoms with Gasteiger partial charge in [-0.3, -0.25) is 0 Å². The Kier molecular flexibility index (Phi) is 3.54. The summed E-state index contributed by atoms with van der Waals surface area (Å²) in [5.74, 6) is 0.317. The van der Waals surface area contributed by atoms with Crippen molar-refractivity contribution >= 4 is 10.0 Å². The van der Waals surface area contributed by atoms with E-state index in [0.29, 0.717) is 18.3 Å². The molecule has 0 aromatic rings. The second-order valence-electron chi connectivity index (χ2n) is 6.34. The minimum Gasteiger partial charge on any atom is -0.312 e. The highest BCUT2D eigenvalue weighted by Crippen LogP contribution is 2.30. The summed E-state index contributed by atoms with van der Waals surface area (Å²) in [6.07, 6.45) is 2.73. The van der Waals surface area contributed by atoms with Gasteiger partial charge >= 0.3 is 0 Å². The normalized spacial score (nSPS) is 38.2. The first kappa shape index (κ1) is 13.3. The molecule has 2 aliphatic heterocycles. The second kappa shape index (κ2) is 4.52. The first-order chi connectivity index (χ1) is 7.81. The Bertz CT molecular complexity index is 372. The fraction of sp³-hybridized carbons (Fsp3) is 1.00. The molecule has 2 saturated heterocycles. The van der Waals surface area contributed by atoms with Crippen molar-refractivity contribution in [2.24, 2.45) is 5.41 Å². The molecule has 17 heavy (non-hydrogen) atoms. The Balaban J connectivity index is 2.35. The number of sulfonamides is 1. The standard InChI is InChI=1S/C12H24N2O2S/c1-12(2,3)11-9-13-10-5-4-8-17(15,16)14(11)7-6-10/h10-11,13H,4-9H2,1-3H3. The average Bonchev–Trinajstić information content (AvgIpc) is 2.34. The maximum atomic E-state index is 12.3. The third kappa shape index (κ3) is 2.83. The zero-order valence-electron chi connectivity index (χ0n) is 11.1. The lowest BCUT2D eigenvalue weighted by Crippen LogP contribution is -2.51. The number of nitrogens with one attached hydrogen (secondary N) is 1. The molecule has 100 valence electrons. The molecule has 2 bridgehead atoms. The van der Waals surface area contributed by atoms with Crippen molar-refractivity contribution in [3.05, 3.63) is 0 Å². The van der Waals surface area contributed by atoms with Crippen LogP contribution in [0.2, 0.25) is 0 Å². The summed E-state index contributed by atoms with van der Waals surface area (Å²) in [5.41, 5.74) is -0.0146. The molecule has 0 radical (unpaired) electrons. The van der Waals surface area contributed by atoms with E-state index in [2.05, 4.69) is 26.1 Å². The predicted octanol–water partition coefficient (Wildman–Crippen LogP) is 1.19. The van der Waals surface area contributed by atoms with E-state index in [4.69, 9.17) is 0 Å². The number of hydrogen-bond donors (Lipinski definition) is 1. The molecular weight excluding hydrogens is 236 g/mol. The van der Waals surface area contributed by atoms with Crippen molar-refractivity contribution in [3.8, 4) is 0 Å². The minimum absolute atomic E-state index is 0.0146. The van der Waals surface area contributed by atoms with Gasteiger partial charge in [0.15, 0.2) is 0 Å². The molecule has 0 aromatic carbocycles. The molecule has 2 fully saturated rings. The molecule has 1 N–H and O–H groups in total. The molecule has 3 atom stereocenters. The largest absolute Gasteiger partial charge is 0.312 e. The highest BCUT2D eigenvalue weighted by atomic mass is 32.2. The third-order valence-electron chi connectivity index (χ3n) is 3.96. The van der Waals surface area contributed by atoms with E-state index in [0.717, 1.165) is 25.8 Å². The first-order valence-electron chi connectivity index (χ1n) is 6.53. The minimum atomic E-state index is -3.06. The summed E-state index contributed by atoms with van der Waals surface area (Å²) in [7, 11) is -3.06. The van der Waals surface area contributed by atoms with Crippen LogP contribution in [0.3, 0.4) is 0 Å². The van der Waals surface area contributed by atoms with Crippen LogP contribution < -0.4 is 5.32 Å². The van der Waals surface area contributed by atoms with Crippen LogP contribution in [-0.2, 0) is 10.0 Å². The van der Waals surface area contributed by atoms with Gasteiger partial charge in [-0.1, -0.05) is 20.8 Å². The van der Waals surface area contributed by atoms with Crippen LogP contribution in [-0.4, -0.2) is 43.6 Å². The summed E-state index contributed by atoms with van der Waals surface area (Å²) in [5, 5.41) is 3.54. The predicted molar refractivity (Wildman–Crippen MR) is 69.4 cm³/mol. The highest BCUT2D eigenvalue weighted by Gasteiger charge is 2.40. The van der Waals surface area contributed by atoms with Crippen molar-refractivity contribution in [3.63, 3.8) is 0 Å². The maximum absolute atomic E-state index is 12.3. The van der Waals surface area contributed by atoms with E-state index >= 15 is 0 Å². The Morgan fingerprint density at radius 2 is 1.94 bits per heavy atom. The number of rotatable bonds is 0. The molecule has 4 nitrogen and oxygen atoms in total. The number of fused-ring (bicyclic) bond motifs is 3. The zero-order chi connectivity index (χ0) is 12.7. The molecule has 5 heteroatoms. The van der Waals surface area contributed by atoms with Gasteiger partial charge in [-0.05, 0) is 24.7 Å². The van der Waals surface area contributed by atoms with Crippen molar-refractivity contribution in [1.82, 2.24) is 9.62 Å². The van der Waals surface area contributed by atoms with E-state index in [9.17, 15) is 8.42 Å². The van der Waals surface area contributed by atoms with Crippen LogP contribution in [0.25, 0.3) is 0 Å². The molecule has 2 heterocycles. The SMILES string of the molecule is CC(C)(C)C1CNC2CCCS(=O)(=O)N1CC2. The van der Waals surface area contributed by atoms with Crippen molar-refractivity contribution in [2.75, 3.05) is 18.8 Å². The maximum Gasteiger partial charge on any atom is 0.214 e. The van der Waals surface area contributed by atoms with Gasteiger partial charge in [0.1, 0.15) is 0 Å². The molecule has 0 spiro atoms. The number of hydrogen-bond acceptors (Lipinski definition) is 3. The molecular formula is C12H24N2O2S. The molecule has 0 saturated carbocycles. The Labute approximate surface area is 105 Å². The van der Waals surface area contributed by atoms with Crippen LogP contribution in [0.5, 0.6) is 0 Å². The lowest BCUT2D eigenvalue weighted by Gasteiger charge is -2.38. The fourth-order valence-corrected chi connectivity index (χ4v) is 4.80. The van der Waals surface area contributed by atoms with Crippen molar-refractivity contribution in [2.45, 2.75) is 52.1 Å². The Morgan fingerprint density at radius 1 is 1.24 bits per heavy atom. The Hall–Kier alpha value is -0.130. The van der Waals surface area contributed by atoms with Gasteiger partial charge in [0.2, 0.25) is 10.0 Å². The van der Waals surface area contributed by atoms with Crippen molar-refractivity contribution in [1.29, 1.82) is 0 Å². The van der Waals surface area contributed by atoms with Crippen LogP contribution in [0.15, 0.2) is 0 Å². The van der Waals surface area contributed by atoms with Gasteiger partial charge in [-0.25, -0.2) is 8.42 Å². The van der Waals surface area contributed by atoms with E-state index in [1.54, 1.807) is 4.31 Å². The average molecular weight is 260 g/mol. The second-order valence-corrected chi connectivity index (χ2v) is 8.39. The van der Waals surface area contributed by atoms with Crippen LogP contribution in [0.1, 0.15) is 40.0 Å². The van der Waals surface area contributed by atoms with Gasteiger partial charge in [0, 0.05) is 25.2 Å². The third-order valence-corrected chi connectivity index (χ3v) is 5.91. The summed E-state index contributed by atoms with van der Waals surface area (Å²) in [6, 6.07) is 0.580. The van der Waals surface area contributed by atoms with E-state index in [-0.39, 0.29) is 11.5 Å². The van der Waals surface area contributed by atoms with Crippen molar-refractivity contribution < 1.29 is 8.42 Å². The van der Waals surface area contributed by atoms with E-state index < -0.39 is 10.0 Å². The van der Waals surface area contributed by atoms with Gasteiger partial charge in [-0.15, -0.1) is 0 Å². The van der Waals surface area contributed by atoms with Gasteiger partial charge in [-0.2, -0.15) is 4.31 Å².